The summed E-state index contributed by atoms with van der Waals surface area (Å²) in [6.45, 7) is 10.7. The van der Waals surface area contributed by atoms with Crippen LogP contribution in [0.15, 0.2) is 24.3 Å². The summed E-state index contributed by atoms with van der Waals surface area (Å²) in [5.41, 5.74) is 4.31. The van der Waals surface area contributed by atoms with Gasteiger partial charge in [-0.3, -0.25) is 4.98 Å². The molecule has 2 nitrogen and oxygen atoms in total. The van der Waals surface area contributed by atoms with Crippen LogP contribution in [-0.2, 0) is 0 Å². The number of aromatic nitrogens is 1. The van der Waals surface area contributed by atoms with E-state index >= 15 is 0 Å². The van der Waals surface area contributed by atoms with Crippen LogP contribution < -0.4 is 5.32 Å². The van der Waals surface area contributed by atoms with Crippen LogP contribution >= 0.6 is 0 Å². The number of hydrogen-bond acceptors (Lipinski definition) is 2. The summed E-state index contributed by atoms with van der Waals surface area (Å²) < 4.78 is 0. The SMILES string of the molecule is C=C(C)CNc1ccc(C)nc1C. The van der Waals surface area contributed by atoms with Gasteiger partial charge in [0.05, 0.1) is 11.4 Å². The summed E-state index contributed by atoms with van der Waals surface area (Å²) in [4.78, 5) is 4.36. The first-order chi connectivity index (χ1) is 6.09. The molecule has 1 N–H and O–H groups in total. The van der Waals surface area contributed by atoms with E-state index in [1.807, 2.05) is 26.8 Å². The lowest BCUT2D eigenvalue weighted by molar-refractivity contribution is 1.10. The van der Waals surface area contributed by atoms with Gasteiger partial charge in [0.1, 0.15) is 0 Å². The van der Waals surface area contributed by atoms with Crippen LogP contribution in [0.5, 0.6) is 0 Å². The van der Waals surface area contributed by atoms with E-state index < -0.39 is 0 Å². The fourth-order valence-electron chi connectivity index (χ4n) is 1.12. The molecule has 1 aromatic rings. The van der Waals surface area contributed by atoms with Gasteiger partial charge in [-0.25, -0.2) is 0 Å². The van der Waals surface area contributed by atoms with Crippen LogP contribution in [-0.4, -0.2) is 11.5 Å². The predicted molar refractivity (Wildman–Crippen MR) is 57.0 cm³/mol. The summed E-state index contributed by atoms with van der Waals surface area (Å²) in [5.74, 6) is 0. The second-order valence-electron chi connectivity index (χ2n) is 3.40. The summed E-state index contributed by atoms with van der Waals surface area (Å²) >= 11 is 0. The minimum Gasteiger partial charge on any atom is -0.380 e. The molecule has 70 valence electrons. The second kappa shape index (κ2) is 4.08. The van der Waals surface area contributed by atoms with E-state index in [1.54, 1.807) is 0 Å². The number of rotatable bonds is 3. The van der Waals surface area contributed by atoms with Crippen molar-refractivity contribution >= 4 is 5.69 Å². The topological polar surface area (TPSA) is 24.9 Å². The van der Waals surface area contributed by atoms with E-state index in [9.17, 15) is 0 Å². The molecule has 0 bridgehead atoms. The molecule has 0 aliphatic heterocycles. The summed E-state index contributed by atoms with van der Waals surface area (Å²) in [7, 11) is 0. The Morgan fingerprint density at radius 1 is 1.46 bits per heavy atom. The maximum Gasteiger partial charge on any atom is 0.0606 e. The van der Waals surface area contributed by atoms with Gasteiger partial charge < -0.3 is 5.32 Å². The Labute approximate surface area is 79.7 Å². The summed E-state index contributed by atoms with van der Waals surface area (Å²) in [6.07, 6.45) is 0. The van der Waals surface area contributed by atoms with Crippen LogP contribution in [0.4, 0.5) is 5.69 Å². The molecule has 0 amide bonds. The van der Waals surface area contributed by atoms with Gasteiger partial charge in [-0.15, -0.1) is 0 Å². The number of nitrogens with one attached hydrogen (secondary N) is 1. The lowest BCUT2D eigenvalue weighted by atomic mass is 10.2. The molecule has 0 fully saturated rings. The van der Waals surface area contributed by atoms with Gasteiger partial charge in [-0.1, -0.05) is 12.2 Å². The third-order valence-corrected chi connectivity index (χ3v) is 1.81. The third kappa shape index (κ3) is 2.90. The molecular weight excluding hydrogens is 160 g/mol. The summed E-state index contributed by atoms with van der Waals surface area (Å²) in [6, 6.07) is 4.06. The molecule has 0 unspecified atom stereocenters. The van der Waals surface area contributed by atoms with E-state index in [0.29, 0.717) is 0 Å². The highest BCUT2D eigenvalue weighted by atomic mass is 14.9. The zero-order valence-electron chi connectivity index (χ0n) is 8.52. The van der Waals surface area contributed by atoms with Gasteiger partial charge in [-0.05, 0) is 32.9 Å². The van der Waals surface area contributed by atoms with Crippen molar-refractivity contribution in [3.05, 3.63) is 35.7 Å². The Hall–Kier alpha value is -1.31. The molecule has 1 heterocycles. The second-order valence-corrected chi connectivity index (χ2v) is 3.40. The van der Waals surface area contributed by atoms with Crippen LogP contribution in [0.1, 0.15) is 18.3 Å². The van der Waals surface area contributed by atoms with Gasteiger partial charge in [0, 0.05) is 12.2 Å². The van der Waals surface area contributed by atoms with Crippen LogP contribution in [0.2, 0.25) is 0 Å². The molecule has 0 saturated heterocycles. The van der Waals surface area contributed by atoms with Crippen molar-refractivity contribution in [2.24, 2.45) is 0 Å². The zero-order chi connectivity index (χ0) is 9.84. The quantitative estimate of drug-likeness (QED) is 0.716. The van der Waals surface area contributed by atoms with Crippen molar-refractivity contribution in [1.29, 1.82) is 0 Å². The predicted octanol–water partition coefficient (Wildman–Crippen LogP) is 2.69. The van der Waals surface area contributed by atoms with E-state index in [1.165, 1.54) is 0 Å². The van der Waals surface area contributed by atoms with E-state index in [2.05, 4.69) is 22.9 Å². The molecule has 0 atom stereocenters. The van der Waals surface area contributed by atoms with Gasteiger partial charge in [-0.2, -0.15) is 0 Å². The fourth-order valence-corrected chi connectivity index (χ4v) is 1.12. The van der Waals surface area contributed by atoms with Crippen molar-refractivity contribution in [2.75, 3.05) is 11.9 Å². The standard InChI is InChI=1S/C11H16N2/c1-8(2)7-12-11-6-5-9(3)13-10(11)4/h5-6,12H,1,7H2,2-4H3. The first-order valence-electron chi connectivity index (χ1n) is 4.42. The number of nitrogens with zero attached hydrogens (tertiary/aromatic N) is 1. The molecule has 0 saturated carbocycles. The largest absolute Gasteiger partial charge is 0.380 e. The molecule has 0 radical (unpaired) electrons. The Kier molecular flexibility index (Phi) is 3.07. The number of pyridine rings is 1. The Bertz CT molecular complexity index is 316. The third-order valence-electron chi connectivity index (χ3n) is 1.81. The zero-order valence-corrected chi connectivity index (χ0v) is 8.52. The molecule has 2 heteroatoms. The molecule has 13 heavy (non-hydrogen) atoms. The maximum atomic E-state index is 4.36. The van der Waals surface area contributed by atoms with E-state index in [0.717, 1.165) is 29.2 Å². The average molecular weight is 176 g/mol. The molecule has 0 spiro atoms. The van der Waals surface area contributed by atoms with Gasteiger partial charge in [0.2, 0.25) is 0 Å². The van der Waals surface area contributed by atoms with Crippen molar-refractivity contribution in [3.63, 3.8) is 0 Å². The average Bonchev–Trinajstić information content (AvgIpc) is 2.02. The Balaban J connectivity index is 2.72. The highest BCUT2D eigenvalue weighted by Crippen LogP contribution is 2.12. The van der Waals surface area contributed by atoms with E-state index in [4.69, 9.17) is 0 Å². The van der Waals surface area contributed by atoms with Crippen molar-refractivity contribution in [2.45, 2.75) is 20.8 Å². The van der Waals surface area contributed by atoms with Crippen molar-refractivity contribution in [3.8, 4) is 0 Å². The lowest BCUT2D eigenvalue weighted by Gasteiger charge is -2.08. The van der Waals surface area contributed by atoms with Crippen molar-refractivity contribution in [1.82, 2.24) is 4.98 Å². The first kappa shape index (κ1) is 9.78. The Morgan fingerprint density at radius 2 is 2.15 bits per heavy atom. The van der Waals surface area contributed by atoms with Crippen molar-refractivity contribution < 1.29 is 0 Å². The van der Waals surface area contributed by atoms with Gasteiger partial charge >= 0.3 is 0 Å². The summed E-state index contributed by atoms with van der Waals surface area (Å²) in [5, 5.41) is 3.28. The minimum absolute atomic E-state index is 0.811. The number of anilines is 1. The molecule has 0 aromatic carbocycles. The number of aryl methyl sites for hydroxylation is 2. The number of hydrogen-bond donors (Lipinski definition) is 1. The molecule has 0 aliphatic carbocycles. The molecule has 1 aromatic heterocycles. The Morgan fingerprint density at radius 3 is 2.69 bits per heavy atom. The van der Waals surface area contributed by atoms with Gasteiger partial charge in [0.25, 0.3) is 0 Å². The highest BCUT2D eigenvalue weighted by molar-refractivity contribution is 5.48. The monoisotopic (exact) mass is 176 g/mol. The maximum absolute atomic E-state index is 4.36. The van der Waals surface area contributed by atoms with Gasteiger partial charge in [0.15, 0.2) is 0 Å². The highest BCUT2D eigenvalue weighted by Gasteiger charge is 1.97. The molecule has 1 rings (SSSR count). The van der Waals surface area contributed by atoms with E-state index in [-0.39, 0.29) is 0 Å². The van der Waals surface area contributed by atoms with Crippen LogP contribution in [0, 0.1) is 13.8 Å². The molecular formula is C11H16N2. The first-order valence-corrected chi connectivity index (χ1v) is 4.42. The van der Waals surface area contributed by atoms with Crippen LogP contribution in [0.25, 0.3) is 0 Å². The molecule has 0 aliphatic rings. The minimum atomic E-state index is 0.811. The normalized spacial score (nSPS) is 9.77. The smallest absolute Gasteiger partial charge is 0.0606 e. The lowest BCUT2D eigenvalue weighted by Crippen LogP contribution is -2.04. The fraction of sp³-hybridized carbons (Fsp3) is 0.364. The van der Waals surface area contributed by atoms with Crippen LogP contribution in [0.3, 0.4) is 0 Å².